The number of hydrogen-bond acceptors (Lipinski definition) is 4. The highest BCUT2D eigenvalue weighted by molar-refractivity contribution is 7.60. The van der Waals surface area contributed by atoms with Crippen LogP contribution >= 0.6 is 7.94 Å². The van der Waals surface area contributed by atoms with Crippen LogP contribution in [0.15, 0.2) is 24.3 Å². The standard InChI is InChI=1S/C10H13NO3P/c11-9-5-7-3-1-2-4-8(7)6-10(9)15(12,13)14/h1-4,10-14H,5-6H2/q+1. The maximum Gasteiger partial charge on any atom is 0.413 e. The Morgan fingerprint density at radius 3 is 2.33 bits per heavy atom. The second-order valence-electron chi connectivity index (χ2n) is 3.81. The number of hydrogen-bond donors (Lipinski definition) is 4. The summed E-state index contributed by atoms with van der Waals surface area (Å²) in [5, 5.41) is 7.68. The summed E-state index contributed by atoms with van der Waals surface area (Å²) in [6, 6.07) is 7.58. The van der Waals surface area contributed by atoms with Gasteiger partial charge in [0.25, 0.3) is 0 Å². The Morgan fingerprint density at radius 2 is 1.73 bits per heavy atom. The van der Waals surface area contributed by atoms with Gasteiger partial charge in [0.05, 0.1) is 5.71 Å². The topological polar surface area (TPSA) is 84.5 Å². The molecule has 4 nitrogen and oxygen atoms in total. The molecule has 1 unspecified atom stereocenters. The number of benzene rings is 1. The Kier molecular flexibility index (Phi) is 2.61. The Hall–Kier alpha value is -0.800. The SMILES string of the molecule is N=C1Cc2ccccc2CC1[P+](O)(O)O. The zero-order valence-electron chi connectivity index (χ0n) is 8.09. The fraction of sp³-hybridized carbons (Fsp3) is 0.300. The highest BCUT2D eigenvalue weighted by atomic mass is 31.2. The molecule has 1 aromatic carbocycles. The third-order valence-electron chi connectivity index (χ3n) is 2.73. The molecule has 0 amide bonds. The molecule has 80 valence electrons. The molecule has 0 saturated carbocycles. The van der Waals surface area contributed by atoms with E-state index < -0.39 is 13.6 Å². The molecule has 0 fully saturated rings. The van der Waals surface area contributed by atoms with Crippen LogP contribution in [0.1, 0.15) is 11.1 Å². The molecular formula is C10H13NO3P+. The number of nitrogens with one attached hydrogen (secondary N) is 1. The van der Waals surface area contributed by atoms with Crippen LogP contribution in [-0.2, 0) is 12.8 Å². The minimum absolute atomic E-state index is 0.203. The number of fused-ring (bicyclic) bond motifs is 1. The molecule has 0 heterocycles. The van der Waals surface area contributed by atoms with Gasteiger partial charge in [0.2, 0.25) is 0 Å². The molecule has 2 rings (SSSR count). The summed E-state index contributed by atoms with van der Waals surface area (Å²) in [6.07, 6.45) is 0.733. The summed E-state index contributed by atoms with van der Waals surface area (Å²) in [6.45, 7) is 0. The largest absolute Gasteiger partial charge is 0.413 e. The van der Waals surface area contributed by atoms with Crippen LogP contribution in [0.5, 0.6) is 0 Å². The molecule has 0 aliphatic heterocycles. The smallest absolute Gasteiger partial charge is 0.305 e. The molecule has 1 aliphatic carbocycles. The minimum Gasteiger partial charge on any atom is -0.305 e. The second kappa shape index (κ2) is 3.65. The summed E-state index contributed by atoms with van der Waals surface area (Å²) >= 11 is 0. The molecule has 0 spiro atoms. The zero-order valence-corrected chi connectivity index (χ0v) is 8.98. The van der Waals surface area contributed by atoms with Crippen LogP contribution in [0.3, 0.4) is 0 Å². The summed E-state index contributed by atoms with van der Waals surface area (Å²) in [5.41, 5.74) is 1.41. The average molecular weight is 226 g/mol. The summed E-state index contributed by atoms with van der Waals surface area (Å²) in [7, 11) is -3.93. The quantitative estimate of drug-likeness (QED) is 0.537. The molecule has 1 atom stereocenters. The van der Waals surface area contributed by atoms with Crippen molar-refractivity contribution < 1.29 is 14.7 Å². The highest BCUT2D eigenvalue weighted by Crippen LogP contribution is 2.53. The van der Waals surface area contributed by atoms with Crippen molar-refractivity contribution in [3.63, 3.8) is 0 Å². The lowest BCUT2D eigenvalue weighted by atomic mass is 9.90. The van der Waals surface area contributed by atoms with Crippen LogP contribution in [0, 0.1) is 5.41 Å². The fourth-order valence-corrected chi connectivity index (χ4v) is 2.87. The fourth-order valence-electron chi connectivity index (χ4n) is 1.92. The van der Waals surface area contributed by atoms with Crippen molar-refractivity contribution in [2.24, 2.45) is 0 Å². The van der Waals surface area contributed by atoms with Crippen molar-refractivity contribution >= 4 is 13.7 Å². The van der Waals surface area contributed by atoms with Crippen molar-refractivity contribution in [3.8, 4) is 0 Å². The Labute approximate surface area is 88.3 Å². The third kappa shape index (κ3) is 2.08. The van der Waals surface area contributed by atoms with Gasteiger partial charge in [-0.05, 0) is 11.1 Å². The summed E-state index contributed by atoms with van der Waals surface area (Å²) in [5.74, 6) is 0. The van der Waals surface area contributed by atoms with Crippen LogP contribution in [0.4, 0.5) is 0 Å². The molecule has 1 aliphatic rings. The molecule has 0 bridgehead atoms. The van der Waals surface area contributed by atoms with E-state index >= 15 is 0 Å². The van der Waals surface area contributed by atoms with Gasteiger partial charge in [-0.2, -0.15) is 14.7 Å². The van der Waals surface area contributed by atoms with Crippen molar-refractivity contribution in [2.45, 2.75) is 18.5 Å². The highest BCUT2D eigenvalue weighted by Gasteiger charge is 2.47. The van der Waals surface area contributed by atoms with Gasteiger partial charge in [-0.3, -0.25) is 0 Å². The predicted molar refractivity (Wildman–Crippen MR) is 58.9 cm³/mol. The van der Waals surface area contributed by atoms with E-state index in [1.54, 1.807) is 0 Å². The molecule has 4 N–H and O–H groups in total. The van der Waals surface area contributed by atoms with E-state index in [-0.39, 0.29) is 5.71 Å². The van der Waals surface area contributed by atoms with E-state index in [2.05, 4.69) is 0 Å². The first-order valence-electron chi connectivity index (χ1n) is 4.69. The third-order valence-corrected chi connectivity index (χ3v) is 4.06. The lowest BCUT2D eigenvalue weighted by molar-refractivity contribution is 0.323. The Morgan fingerprint density at radius 1 is 1.13 bits per heavy atom. The molecule has 5 heteroatoms. The zero-order chi connectivity index (χ0) is 11.1. The van der Waals surface area contributed by atoms with Gasteiger partial charge < -0.3 is 5.41 Å². The van der Waals surface area contributed by atoms with E-state index in [1.807, 2.05) is 24.3 Å². The monoisotopic (exact) mass is 226 g/mol. The van der Waals surface area contributed by atoms with Crippen molar-refractivity contribution in [1.82, 2.24) is 0 Å². The van der Waals surface area contributed by atoms with E-state index in [0.717, 1.165) is 11.1 Å². The van der Waals surface area contributed by atoms with Gasteiger partial charge in [-0.1, -0.05) is 24.3 Å². The molecule has 0 radical (unpaired) electrons. The minimum atomic E-state index is -3.93. The van der Waals surface area contributed by atoms with E-state index in [1.165, 1.54) is 0 Å². The van der Waals surface area contributed by atoms with Gasteiger partial charge in [0.15, 0.2) is 5.66 Å². The molecule has 0 aromatic heterocycles. The van der Waals surface area contributed by atoms with Crippen molar-refractivity contribution in [1.29, 1.82) is 5.41 Å². The molecule has 15 heavy (non-hydrogen) atoms. The summed E-state index contributed by atoms with van der Waals surface area (Å²) in [4.78, 5) is 27.7. The van der Waals surface area contributed by atoms with Crippen LogP contribution in [0.2, 0.25) is 0 Å². The lowest BCUT2D eigenvalue weighted by Gasteiger charge is -2.24. The first-order chi connectivity index (χ1) is 6.98. The van der Waals surface area contributed by atoms with Crippen LogP contribution in [0.25, 0.3) is 0 Å². The molecule has 0 saturated heterocycles. The lowest BCUT2D eigenvalue weighted by Crippen LogP contribution is -2.31. The van der Waals surface area contributed by atoms with E-state index in [0.29, 0.717) is 12.8 Å². The van der Waals surface area contributed by atoms with Gasteiger partial charge >= 0.3 is 7.94 Å². The van der Waals surface area contributed by atoms with Crippen LogP contribution in [-0.4, -0.2) is 26.1 Å². The van der Waals surface area contributed by atoms with E-state index in [9.17, 15) is 14.7 Å². The normalized spacial score (nSPS) is 21.3. The molecule has 1 aromatic rings. The van der Waals surface area contributed by atoms with Gasteiger partial charge in [-0.15, -0.1) is 0 Å². The van der Waals surface area contributed by atoms with Crippen LogP contribution < -0.4 is 0 Å². The predicted octanol–water partition coefficient (Wildman–Crippen LogP) is 0.913. The van der Waals surface area contributed by atoms with Gasteiger partial charge in [0.1, 0.15) is 0 Å². The van der Waals surface area contributed by atoms with Gasteiger partial charge in [0, 0.05) is 12.8 Å². The van der Waals surface area contributed by atoms with Crippen molar-refractivity contribution in [3.05, 3.63) is 35.4 Å². The Bertz CT molecular complexity index is 400. The van der Waals surface area contributed by atoms with E-state index in [4.69, 9.17) is 5.41 Å². The van der Waals surface area contributed by atoms with Gasteiger partial charge in [-0.25, -0.2) is 0 Å². The second-order valence-corrected chi connectivity index (χ2v) is 5.66. The first-order valence-corrected chi connectivity index (χ1v) is 6.41. The summed E-state index contributed by atoms with van der Waals surface area (Å²) < 4.78 is 0. The first kappa shape index (κ1) is 10.7. The average Bonchev–Trinajstić information content (AvgIpc) is 2.15. The Balaban J connectivity index is 2.34. The van der Waals surface area contributed by atoms with Crippen molar-refractivity contribution in [2.75, 3.05) is 0 Å². The maximum absolute atomic E-state index is 9.22. The maximum atomic E-state index is 9.22. The number of rotatable bonds is 1. The molecular weight excluding hydrogens is 213 g/mol.